The summed E-state index contributed by atoms with van der Waals surface area (Å²) in [6.45, 7) is 5.92. The van der Waals surface area contributed by atoms with Gasteiger partial charge in [0.1, 0.15) is 5.75 Å². The second kappa shape index (κ2) is 5.95. The topological polar surface area (TPSA) is 49.3 Å². The number of hydrogen-bond donors (Lipinski definition) is 2. The molecular formula is C13H17NO2. The summed E-state index contributed by atoms with van der Waals surface area (Å²) in [6, 6.07) is 6.91. The van der Waals surface area contributed by atoms with E-state index in [0.717, 1.165) is 5.56 Å². The fourth-order valence-corrected chi connectivity index (χ4v) is 1.43. The largest absolute Gasteiger partial charge is 0.508 e. The Bertz CT molecular complexity index is 357. The third kappa shape index (κ3) is 3.77. The van der Waals surface area contributed by atoms with Crippen molar-refractivity contribution in [2.75, 3.05) is 6.54 Å². The van der Waals surface area contributed by atoms with Gasteiger partial charge in [-0.15, -0.1) is 6.58 Å². The van der Waals surface area contributed by atoms with Crippen LogP contribution in [0.1, 0.15) is 12.5 Å². The minimum Gasteiger partial charge on any atom is -0.508 e. The van der Waals surface area contributed by atoms with Crippen molar-refractivity contribution >= 4 is 5.91 Å². The van der Waals surface area contributed by atoms with Crippen LogP contribution >= 0.6 is 0 Å². The van der Waals surface area contributed by atoms with Crippen LogP contribution in [0.15, 0.2) is 36.9 Å². The van der Waals surface area contributed by atoms with E-state index in [9.17, 15) is 4.79 Å². The Morgan fingerprint density at radius 1 is 1.50 bits per heavy atom. The Hall–Kier alpha value is -1.77. The summed E-state index contributed by atoms with van der Waals surface area (Å²) in [5.74, 6) is 0.185. The molecule has 2 N–H and O–H groups in total. The van der Waals surface area contributed by atoms with Crippen molar-refractivity contribution in [1.82, 2.24) is 5.32 Å². The van der Waals surface area contributed by atoms with Crippen molar-refractivity contribution in [3.8, 4) is 5.75 Å². The fourth-order valence-electron chi connectivity index (χ4n) is 1.43. The van der Waals surface area contributed by atoms with E-state index in [2.05, 4.69) is 11.9 Å². The zero-order valence-corrected chi connectivity index (χ0v) is 9.44. The number of carbonyl (C=O) groups excluding carboxylic acids is 1. The molecule has 0 bridgehead atoms. The Morgan fingerprint density at radius 3 is 2.69 bits per heavy atom. The number of rotatable bonds is 5. The molecule has 0 unspecified atom stereocenters. The molecule has 0 radical (unpaired) electrons. The first-order chi connectivity index (χ1) is 7.63. The summed E-state index contributed by atoms with van der Waals surface area (Å²) in [7, 11) is 0. The molecular weight excluding hydrogens is 202 g/mol. The zero-order chi connectivity index (χ0) is 12.0. The average molecular weight is 219 g/mol. The van der Waals surface area contributed by atoms with E-state index in [1.165, 1.54) is 0 Å². The number of hydrogen-bond acceptors (Lipinski definition) is 2. The van der Waals surface area contributed by atoms with E-state index in [0.29, 0.717) is 13.0 Å². The molecule has 3 nitrogen and oxygen atoms in total. The van der Waals surface area contributed by atoms with E-state index in [1.54, 1.807) is 18.2 Å². The van der Waals surface area contributed by atoms with Gasteiger partial charge in [-0.05, 0) is 24.1 Å². The van der Waals surface area contributed by atoms with Gasteiger partial charge in [-0.1, -0.05) is 25.1 Å². The van der Waals surface area contributed by atoms with Crippen LogP contribution in [0.25, 0.3) is 0 Å². The van der Waals surface area contributed by atoms with Gasteiger partial charge in [0.05, 0.1) is 0 Å². The van der Waals surface area contributed by atoms with Crippen LogP contribution in [-0.2, 0) is 11.2 Å². The summed E-state index contributed by atoms with van der Waals surface area (Å²) in [5, 5.41) is 11.9. The maximum Gasteiger partial charge on any atom is 0.223 e. The average Bonchev–Trinajstić information content (AvgIpc) is 2.29. The lowest BCUT2D eigenvalue weighted by Gasteiger charge is -2.11. The van der Waals surface area contributed by atoms with Crippen molar-refractivity contribution in [1.29, 1.82) is 0 Å². The summed E-state index contributed by atoms with van der Waals surface area (Å²) < 4.78 is 0. The van der Waals surface area contributed by atoms with Gasteiger partial charge < -0.3 is 10.4 Å². The monoisotopic (exact) mass is 219 g/mol. The Morgan fingerprint density at radius 2 is 2.12 bits per heavy atom. The van der Waals surface area contributed by atoms with E-state index < -0.39 is 0 Å². The fraction of sp³-hybridized carbons (Fsp3) is 0.308. The number of benzene rings is 1. The number of amides is 1. The van der Waals surface area contributed by atoms with E-state index in [1.807, 2.05) is 19.1 Å². The molecule has 0 saturated heterocycles. The normalized spacial score (nSPS) is 11.8. The van der Waals surface area contributed by atoms with Crippen LogP contribution in [-0.4, -0.2) is 17.6 Å². The molecule has 1 aromatic rings. The van der Waals surface area contributed by atoms with Gasteiger partial charge in [-0.3, -0.25) is 4.79 Å². The lowest BCUT2D eigenvalue weighted by atomic mass is 10.0. The Labute approximate surface area is 95.8 Å². The molecule has 1 rings (SSSR count). The first kappa shape index (κ1) is 12.3. The summed E-state index contributed by atoms with van der Waals surface area (Å²) in [5.41, 5.74) is 1.04. The number of phenolic OH excluding ortho intramolecular Hbond substituents is 1. The van der Waals surface area contributed by atoms with Gasteiger partial charge in [-0.2, -0.15) is 0 Å². The predicted octanol–water partition coefficient (Wildman–Crippen LogP) is 1.87. The highest BCUT2D eigenvalue weighted by atomic mass is 16.3. The molecule has 16 heavy (non-hydrogen) atoms. The highest BCUT2D eigenvalue weighted by Gasteiger charge is 2.12. The van der Waals surface area contributed by atoms with Crippen molar-refractivity contribution in [2.24, 2.45) is 5.92 Å². The number of carbonyl (C=O) groups is 1. The molecule has 0 heterocycles. The molecule has 0 aliphatic rings. The van der Waals surface area contributed by atoms with Gasteiger partial charge in [0.15, 0.2) is 0 Å². The molecule has 0 aromatic heterocycles. The lowest BCUT2D eigenvalue weighted by molar-refractivity contribution is -0.124. The van der Waals surface area contributed by atoms with Gasteiger partial charge in [0.25, 0.3) is 0 Å². The predicted molar refractivity (Wildman–Crippen MR) is 64.2 cm³/mol. The van der Waals surface area contributed by atoms with Crippen LogP contribution in [0.4, 0.5) is 0 Å². The third-order valence-corrected chi connectivity index (χ3v) is 2.35. The number of phenols is 1. The minimum absolute atomic E-state index is 0.0213. The molecule has 3 heteroatoms. The third-order valence-electron chi connectivity index (χ3n) is 2.35. The van der Waals surface area contributed by atoms with Crippen molar-refractivity contribution in [3.05, 3.63) is 42.5 Å². The van der Waals surface area contributed by atoms with Gasteiger partial charge >= 0.3 is 0 Å². The van der Waals surface area contributed by atoms with Crippen LogP contribution in [0.2, 0.25) is 0 Å². The standard InChI is InChI=1S/C13H17NO2/c1-3-8-14-13(16)10(2)9-11-4-6-12(15)7-5-11/h3-7,10,15H,1,8-9H2,2H3,(H,14,16)/t10-/m0/s1. The first-order valence-corrected chi connectivity index (χ1v) is 5.30. The molecule has 0 spiro atoms. The van der Waals surface area contributed by atoms with Crippen LogP contribution in [0, 0.1) is 5.92 Å². The van der Waals surface area contributed by atoms with Gasteiger partial charge in [-0.25, -0.2) is 0 Å². The second-order valence-electron chi connectivity index (χ2n) is 3.81. The van der Waals surface area contributed by atoms with Gasteiger partial charge in [0.2, 0.25) is 5.91 Å². The Kier molecular flexibility index (Phi) is 4.58. The van der Waals surface area contributed by atoms with Crippen molar-refractivity contribution in [3.63, 3.8) is 0 Å². The highest BCUT2D eigenvalue weighted by molar-refractivity contribution is 5.78. The minimum atomic E-state index is -0.0792. The number of nitrogens with one attached hydrogen (secondary N) is 1. The molecule has 0 aliphatic heterocycles. The molecule has 1 atom stereocenters. The molecule has 0 saturated carbocycles. The lowest BCUT2D eigenvalue weighted by Crippen LogP contribution is -2.30. The van der Waals surface area contributed by atoms with Crippen LogP contribution < -0.4 is 5.32 Å². The molecule has 1 amide bonds. The SMILES string of the molecule is C=CCNC(=O)[C@@H](C)Cc1ccc(O)cc1. The van der Waals surface area contributed by atoms with E-state index >= 15 is 0 Å². The van der Waals surface area contributed by atoms with Crippen LogP contribution in [0.3, 0.4) is 0 Å². The smallest absolute Gasteiger partial charge is 0.223 e. The molecule has 0 fully saturated rings. The van der Waals surface area contributed by atoms with E-state index in [-0.39, 0.29) is 17.6 Å². The van der Waals surface area contributed by atoms with E-state index in [4.69, 9.17) is 5.11 Å². The van der Waals surface area contributed by atoms with Crippen molar-refractivity contribution in [2.45, 2.75) is 13.3 Å². The van der Waals surface area contributed by atoms with Gasteiger partial charge in [0, 0.05) is 12.5 Å². The maximum atomic E-state index is 11.6. The number of aromatic hydroxyl groups is 1. The molecule has 1 aromatic carbocycles. The maximum absolute atomic E-state index is 11.6. The van der Waals surface area contributed by atoms with Crippen molar-refractivity contribution < 1.29 is 9.90 Å². The summed E-state index contributed by atoms with van der Waals surface area (Å²) in [6.07, 6.45) is 2.33. The van der Waals surface area contributed by atoms with Crippen LogP contribution in [0.5, 0.6) is 5.75 Å². The highest BCUT2D eigenvalue weighted by Crippen LogP contribution is 2.13. The summed E-state index contributed by atoms with van der Waals surface area (Å²) >= 11 is 0. The Balaban J connectivity index is 2.50. The first-order valence-electron chi connectivity index (χ1n) is 5.30. The quantitative estimate of drug-likeness (QED) is 0.743. The molecule has 86 valence electrons. The summed E-state index contributed by atoms with van der Waals surface area (Å²) in [4.78, 5) is 11.6. The molecule has 0 aliphatic carbocycles. The second-order valence-corrected chi connectivity index (χ2v) is 3.81. The zero-order valence-electron chi connectivity index (χ0n) is 9.44.